The molecule has 2 aromatic rings. The summed E-state index contributed by atoms with van der Waals surface area (Å²) in [4.78, 5) is 14.0. The van der Waals surface area contributed by atoms with Gasteiger partial charge >= 0.3 is 0 Å². The van der Waals surface area contributed by atoms with Crippen LogP contribution >= 0.6 is 0 Å². The number of aromatic nitrogens is 2. The molecular formula is C19H26N4O. The van der Waals surface area contributed by atoms with Crippen molar-refractivity contribution in [3.05, 3.63) is 47.2 Å². The molecule has 1 aromatic carbocycles. The number of carbonyl (C=O) groups excluding carboxylic acids is 1. The summed E-state index contributed by atoms with van der Waals surface area (Å²) in [6, 6.07) is 9.78. The summed E-state index contributed by atoms with van der Waals surface area (Å²) >= 11 is 0. The number of nitrogens with zero attached hydrogens (tertiary/aromatic N) is 3. The Hall–Kier alpha value is -2.43. The van der Waals surface area contributed by atoms with E-state index in [1.807, 2.05) is 13.8 Å². The first-order valence-corrected chi connectivity index (χ1v) is 8.47. The highest BCUT2D eigenvalue weighted by Gasteiger charge is 2.15. The molecular weight excluding hydrogens is 300 g/mol. The maximum absolute atomic E-state index is 12.3. The van der Waals surface area contributed by atoms with Crippen LogP contribution in [-0.2, 0) is 0 Å². The van der Waals surface area contributed by atoms with E-state index in [1.54, 1.807) is 17.0 Å². The lowest BCUT2D eigenvalue weighted by atomic mass is 9.98. The van der Waals surface area contributed by atoms with Crippen molar-refractivity contribution in [2.45, 2.75) is 40.5 Å². The fraction of sp³-hybridized carbons (Fsp3) is 0.421. The highest BCUT2D eigenvalue weighted by atomic mass is 16.2. The van der Waals surface area contributed by atoms with Gasteiger partial charge in [-0.1, -0.05) is 32.0 Å². The van der Waals surface area contributed by atoms with E-state index < -0.39 is 0 Å². The van der Waals surface area contributed by atoms with Crippen LogP contribution in [0.3, 0.4) is 0 Å². The minimum absolute atomic E-state index is 0.0854. The SMILES string of the molecule is CCN(CC)C(=O)c1ccc(Nc2c(C)cccc2C(C)C)nn1. The third-order valence-corrected chi connectivity index (χ3v) is 4.11. The van der Waals surface area contributed by atoms with E-state index in [1.165, 1.54) is 5.56 Å². The summed E-state index contributed by atoms with van der Waals surface area (Å²) < 4.78 is 0. The molecule has 0 radical (unpaired) electrons. The number of anilines is 2. The lowest BCUT2D eigenvalue weighted by Gasteiger charge is -2.18. The van der Waals surface area contributed by atoms with Gasteiger partial charge in [0.25, 0.3) is 5.91 Å². The Bertz CT molecular complexity index is 691. The fourth-order valence-corrected chi connectivity index (χ4v) is 2.66. The van der Waals surface area contributed by atoms with Gasteiger partial charge in [-0.05, 0) is 49.9 Å². The number of carbonyl (C=O) groups is 1. The number of hydrogen-bond donors (Lipinski definition) is 1. The van der Waals surface area contributed by atoms with Crippen molar-refractivity contribution in [3.8, 4) is 0 Å². The van der Waals surface area contributed by atoms with Gasteiger partial charge in [0.05, 0.1) is 0 Å². The summed E-state index contributed by atoms with van der Waals surface area (Å²) in [5.41, 5.74) is 3.83. The molecule has 0 fully saturated rings. The number of nitrogens with one attached hydrogen (secondary N) is 1. The Morgan fingerprint density at radius 2 is 1.83 bits per heavy atom. The van der Waals surface area contributed by atoms with Crippen LogP contribution in [0.4, 0.5) is 11.5 Å². The van der Waals surface area contributed by atoms with Crippen molar-refractivity contribution >= 4 is 17.4 Å². The lowest BCUT2D eigenvalue weighted by Crippen LogP contribution is -2.31. The van der Waals surface area contributed by atoms with Gasteiger partial charge in [0.2, 0.25) is 0 Å². The first-order chi connectivity index (χ1) is 11.5. The second kappa shape index (κ2) is 7.90. The molecule has 128 valence electrons. The van der Waals surface area contributed by atoms with E-state index in [2.05, 4.69) is 54.5 Å². The van der Waals surface area contributed by atoms with Crippen LogP contribution in [0.2, 0.25) is 0 Å². The Kier molecular flexibility index (Phi) is 5.90. The van der Waals surface area contributed by atoms with Crippen molar-refractivity contribution < 1.29 is 4.79 Å². The third kappa shape index (κ3) is 3.91. The van der Waals surface area contributed by atoms with Crippen LogP contribution in [0.15, 0.2) is 30.3 Å². The first-order valence-electron chi connectivity index (χ1n) is 8.47. The molecule has 0 saturated carbocycles. The Morgan fingerprint density at radius 1 is 1.12 bits per heavy atom. The van der Waals surface area contributed by atoms with Gasteiger partial charge in [-0.2, -0.15) is 0 Å². The molecule has 0 saturated heterocycles. The molecule has 0 atom stereocenters. The maximum atomic E-state index is 12.3. The standard InChI is InChI=1S/C19H26N4O/c1-6-23(7-2)19(24)16-11-12-17(22-21-16)20-18-14(5)9-8-10-15(18)13(3)4/h8-13H,6-7H2,1-5H3,(H,20,22). The molecule has 1 amide bonds. The lowest BCUT2D eigenvalue weighted by molar-refractivity contribution is 0.0766. The van der Waals surface area contributed by atoms with Crippen molar-refractivity contribution in [3.63, 3.8) is 0 Å². The predicted molar refractivity (Wildman–Crippen MR) is 97.8 cm³/mol. The summed E-state index contributed by atoms with van der Waals surface area (Å²) in [6.07, 6.45) is 0. The van der Waals surface area contributed by atoms with Crippen LogP contribution in [0.1, 0.15) is 55.2 Å². The molecule has 0 bridgehead atoms. The highest BCUT2D eigenvalue weighted by molar-refractivity contribution is 5.92. The third-order valence-electron chi connectivity index (χ3n) is 4.11. The number of hydrogen-bond acceptors (Lipinski definition) is 4. The van der Waals surface area contributed by atoms with E-state index >= 15 is 0 Å². The summed E-state index contributed by atoms with van der Waals surface area (Å²) in [5.74, 6) is 0.962. The van der Waals surface area contributed by atoms with Crippen LogP contribution in [0.5, 0.6) is 0 Å². The molecule has 0 spiro atoms. The molecule has 1 heterocycles. The molecule has 2 rings (SSSR count). The minimum atomic E-state index is -0.0854. The first kappa shape index (κ1) is 17.9. The molecule has 5 nitrogen and oxygen atoms in total. The summed E-state index contributed by atoms with van der Waals surface area (Å²) in [6.45, 7) is 11.6. The fourth-order valence-electron chi connectivity index (χ4n) is 2.66. The highest BCUT2D eigenvalue weighted by Crippen LogP contribution is 2.29. The molecule has 1 N–H and O–H groups in total. The zero-order valence-corrected chi connectivity index (χ0v) is 15.1. The smallest absolute Gasteiger partial charge is 0.274 e. The van der Waals surface area contributed by atoms with Crippen LogP contribution < -0.4 is 5.32 Å². The molecule has 0 unspecified atom stereocenters. The molecule has 1 aromatic heterocycles. The molecule has 0 aliphatic rings. The van der Waals surface area contributed by atoms with Gasteiger partial charge < -0.3 is 10.2 Å². The van der Waals surface area contributed by atoms with Crippen molar-refractivity contribution in [1.82, 2.24) is 15.1 Å². The quantitative estimate of drug-likeness (QED) is 0.867. The maximum Gasteiger partial charge on any atom is 0.274 e. The van der Waals surface area contributed by atoms with E-state index in [4.69, 9.17) is 0 Å². The second-order valence-corrected chi connectivity index (χ2v) is 6.10. The Morgan fingerprint density at radius 3 is 2.38 bits per heavy atom. The number of aryl methyl sites for hydroxylation is 1. The average Bonchev–Trinajstić information content (AvgIpc) is 2.58. The number of rotatable bonds is 6. The zero-order valence-electron chi connectivity index (χ0n) is 15.1. The van der Waals surface area contributed by atoms with Gasteiger partial charge in [-0.25, -0.2) is 0 Å². The average molecular weight is 326 g/mol. The summed E-state index contributed by atoms with van der Waals surface area (Å²) in [5, 5.41) is 11.6. The zero-order chi connectivity index (χ0) is 17.7. The number of benzene rings is 1. The van der Waals surface area contributed by atoms with Crippen LogP contribution in [-0.4, -0.2) is 34.1 Å². The van der Waals surface area contributed by atoms with Crippen molar-refractivity contribution in [2.75, 3.05) is 18.4 Å². The number of amides is 1. The van der Waals surface area contributed by atoms with Crippen molar-refractivity contribution in [2.24, 2.45) is 0 Å². The van der Waals surface area contributed by atoms with Gasteiger partial charge in [0.15, 0.2) is 11.5 Å². The van der Waals surface area contributed by atoms with Gasteiger partial charge in [-0.3, -0.25) is 4.79 Å². The van der Waals surface area contributed by atoms with E-state index in [9.17, 15) is 4.79 Å². The second-order valence-electron chi connectivity index (χ2n) is 6.10. The van der Waals surface area contributed by atoms with Gasteiger partial charge in [-0.15, -0.1) is 10.2 Å². The normalized spacial score (nSPS) is 10.8. The molecule has 0 aliphatic carbocycles. The van der Waals surface area contributed by atoms with E-state index in [0.29, 0.717) is 30.5 Å². The van der Waals surface area contributed by atoms with E-state index in [0.717, 1.165) is 11.3 Å². The van der Waals surface area contributed by atoms with Crippen LogP contribution in [0.25, 0.3) is 0 Å². The predicted octanol–water partition coefficient (Wildman–Crippen LogP) is 4.13. The molecule has 24 heavy (non-hydrogen) atoms. The largest absolute Gasteiger partial charge is 0.338 e. The number of para-hydroxylation sites is 1. The van der Waals surface area contributed by atoms with Crippen LogP contribution in [0, 0.1) is 6.92 Å². The minimum Gasteiger partial charge on any atom is -0.338 e. The molecule has 5 heteroatoms. The monoisotopic (exact) mass is 326 g/mol. The molecule has 0 aliphatic heterocycles. The van der Waals surface area contributed by atoms with Crippen molar-refractivity contribution in [1.29, 1.82) is 0 Å². The van der Waals surface area contributed by atoms with Gasteiger partial charge in [0, 0.05) is 18.8 Å². The van der Waals surface area contributed by atoms with Gasteiger partial charge in [0.1, 0.15) is 0 Å². The van der Waals surface area contributed by atoms with E-state index in [-0.39, 0.29) is 5.91 Å². The topological polar surface area (TPSA) is 58.1 Å². The Balaban J connectivity index is 2.23. The Labute approximate surface area is 144 Å². The summed E-state index contributed by atoms with van der Waals surface area (Å²) in [7, 11) is 0.